The van der Waals surface area contributed by atoms with Gasteiger partial charge in [-0.1, -0.05) is 64.1 Å². The molecule has 5 heteroatoms. The van der Waals surface area contributed by atoms with E-state index in [0.29, 0.717) is 10.9 Å². The molecule has 4 nitrogen and oxygen atoms in total. The summed E-state index contributed by atoms with van der Waals surface area (Å²) < 4.78 is 11.5. The molecular weight excluding hydrogens is 333 g/mol. The number of anilines is 1. The Balaban J connectivity index is 2.31. The maximum absolute atomic E-state index is 12.6. The highest BCUT2D eigenvalue weighted by atomic mass is 31.1. The molecule has 0 aromatic heterocycles. The Hall–Kier alpha value is -2.03. The van der Waals surface area contributed by atoms with Crippen LogP contribution in [0.15, 0.2) is 42.5 Å². The van der Waals surface area contributed by atoms with E-state index in [1.54, 1.807) is 24.3 Å². The molecule has 0 saturated carbocycles. The maximum Gasteiger partial charge on any atom is 0.546 e. The highest BCUT2D eigenvalue weighted by Gasteiger charge is 2.23. The lowest BCUT2D eigenvalue weighted by Crippen LogP contribution is -2.20. The topological polar surface area (TPSA) is 66.4 Å². The molecule has 0 saturated heterocycles. The average molecular weight is 358 g/mol. The summed E-state index contributed by atoms with van der Waals surface area (Å²) in [5.74, 6) is 0.390. The Morgan fingerprint density at radius 1 is 1.00 bits per heavy atom. The van der Waals surface area contributed by atoms with Crippen LogP contribution in [0.5, 0.6) is 0 Å². The van der Waals surface area contributed by atoms with E-state index in [1.165, 1.54) is 0 Å². The van der Waals surface area contributed by atoms with Crippen molar-refractivity contribution in [1.29, 1.82) is 0 Å². The van der Waals surface area contributed by atoms with Crippen molar-refractivity contribution >= 4 is 24.9 Å². The van der Waals surface area contributed by atoms with E-state index in [2.05, 4.69) is 33.0 Å². The van der Waals surface area contributed by atoms with Crippen molar-refractivity contribution in [2.24, 2.45) is 0 Å². The third-order valence-corrected chi connectivity index (χ3v) is 5.03. The predicted octanol–water partition coefficient (Wildman–Crippen LogP) is 4.47. The van der Waals surface area contributed by atoms with Crippen LogP contribution in [0.3, 0.4) is 0 Å². The molecule has 2 aromatic rings. The van der Waals surface area contributed by atoms with Crippen LogP contribution >= 0.6 is 8.03 Å². The maximum atomic E-state index is 12.6. The minimum atomic E-state index is -2.47. The van der Waals surface area contributed by atoms with Crippen LogP contribution in [0.2, 0.25) is 0 Å². The third kappa shape index (κ3) is 4.75. The quantitative estimate of drug-likeness (QED) is 0.749. The Morgan fingerprint density at radius 2 is 1.56 bits per heavy atom. The van der Waals surface area contributed by atoms with Crippen molar-refractivity contribution in [2.75, 3.05) is 5.32 Å². The smallest absolute Gasteiger partial charge is 0.325 e. The number of hydrogen-bond acceptors (Lipinski definition) is 2. The SMILES string of the molecule is CC(C)c1cccc(C(C)C)c1NC(=O)Cc1ccccc1[P+](=O)O. The number of benzene rings is 2. The van der Waals surface area contributed by atoms with Gasteiger partial charge >= 0.3 is 8.03 Å². The molecule has 1 unspecified atom stereocenters. The zero-order valence-corrected chi connectivity index (χ0v) is 16.0. The number of carbonyl (C=O) groups excluding carboxylic acids is 1. The lowest BCUT2D eigenvalue weighted by Gasteiger charge is -2.20. The number of para-hydroxylation sites is 1. The largest absolute Gasteiger partial charge is 0.546 e. The molecular formula is C20H25NO3P+. The fourth-order valence-electron chi connectivity index (χ4n) is 2.90. The molecule has 0 aliphatic heterocycles. The highest BCUT2D eigenvalue weighted by Crippen LogP contribution is 2.32. The standard InChI is InChI=1S/C20H24NO3P/c1-13(2)16-9-7-10-17(14(3)4)20(16)21-19(22)12-15-8-5-6-11-18(15)25(23)24/h5-11,13-14H,12H2,1-4H3,(H-,21,22,23,24)/p+1. The molecule has 0 aliphatic carbocycles. The summed E-state index contributed by atoms with van der Waals surface area (Å²) in [7, 11) is -2.47. The van der Waals surface area contributed by atoms with Gasteiger partial charge in [0.25, 0.3) is 0 Å². The monoisotopic (exact) mass is 358 g/mol. The van der Waals surface area contributed by atoms with Gasteiger partial charge in [0.1, 0.15) is 0 Å². The summed E-state index contributed by atoms with van der Waals surface area (Å²) in [6.45, 7) is 8.39. The van der Waals surface area contributed by atoms with Gasteiger partial charge in [0.2, 0.25) is 11.2 Å². The lowest BCUT2D eigenvalue weighted by atomic mass is 9.92. The van der Waals surface area contributed by atoms with Crippen LogP contribution in [0, 0.1) is 0 Å². The second-order valence-corrected chi connectivity index (χ2v) is 7.78. The first-order valence-electron chi connectivity index (χ1n) is 8.48. The predicted molar refractivity (Wildman–Crippen MR) is 103 cm³/mol. The number of nitrogens with one attached hydrogen (secondary N) is 1. The van der Waals surface area contributed by atoms with E-state index in [9.17, 15) is 14.3 Å². The van der Waals surface area contributed by atoms with Crippen molar-refractivity contribution in [3.8, 4) is 0 Å². The van der Waals surface area contributed by atoms with E-state index in [1.807, 2.05) is 18.2 Å². The molecule has 25 heavy (non-hydrogen) atoms. The van der Waals surface area contributed by atoms with Gasteiger partial charge < -0.3 is 5.32 Å². The Morgan fingerprint density at radius 3 is 2.08 bits per heavy atom. The first-order valence-corrected chi connectivity index (χ1v) is 9.69. The highest BCUT2D eigenvalue weighted by molar-refractivity contribution is 7.47. The van der Waals surface area contributed by atoms with Crippen molar-refractivity contribution in [2.45, 2.75) is 46.0 Å². The summed E-state index contributed by atoms with van der Waals surface area (Å²) in [6.07, 6.45) is 0.0712. The normalized spacial score (nSPS) is 11.7. The van der Waals surface area contributed by atoms with Crippen LogP contribution < -0.4 is 10.6 Å². The Labute approximate surface area is 150 Å². The first-order chi connectivity index (χ1) is 11.8. The molecule has 1 atom stereocenters. The first kappa shape index (κ1) is 19.3. The average Bonchev–Trinajstić information content (AvgIpc) is 2.54. The zero-order chi connectivity index (χ0) is 18.6. The van der Waals surface area contributed by atoms with Crippen molar-refractivity contribution in [1.82, 2.24) is 0 Å². The second kappa shape index (κ2) is 8.37. The van der Waals surface area contributed by atoms with Gasteiger partial charge in [0.15, 0.2) is 0 Å². The van der Waals surface area contributed by atoms with Crippen LogP contribution in [0.1, 0.15) is 56.2 Å². The van der Waals surface area contributed by atoms with Gasteiger partial charge in [0, 0.05) is 11.3 Å². The van der Waals surface area contributed by atoms with Gasteiger partial charge in [-0.25, -0.2) is 0 Å². The van der Waals surface area contributed by atoms with Crippen molar-refractivity contribution < 1.29 is 14.3 Å². The van der Waals surface area contributed by atoms with Crippen LogP contribution in [0.25, 0.3) is 0 Å². The van der Waals surface area contributed by atoms with Gasteiger partial charge in [-0.3, -0.25) is 4.79 Å². The van der Waals surface area contributed by atoms with E-state index in [4.69, 9.17) is 0 Å². The molecule has 132 valence electrons. The summed E-state index contributed by atoms with van der Waals surface area (Å²) in [4.78, 5) is 22.0. The van der Waals surface area contributed by atoms with Crippen molar-refractivity contribution in [3.63, 3.8) is 0 Å². The summed E-state index contributed by atoms with van der Waals surface area (Å²) in [6, 6.07) is 12.9. The van der Waals surface area contributed by atoms with Crippen LogP contribution in [0.4, 0.5) is 5.69 Å². The Kier molecular flexibility index (Phi) is 6.46. The minimum absolute atomic E-state index is 0.0712. The van der Waals surface area contributed by atoms with Gasteiger partial charge in [-0.05, 0) is 33.6 Å². The van der Waals surface area contributed by atoms with Gasteiger partial charge in [-0.2, -0.15) is 4.89 Å². The Bertz CT molecular complexity index is 758. The molecule has 2 rings (SSSR count). The number of amides is 1. The molecule has 0 spiro atoms. The molecule has 1 amide bonds. The molecule has 0 radical (unpaired) electrons. The number of carbonyl (C=O) groups is 1. The molecule has 0 heterocycles. The fourth-order valence-corrected chi connectivity index (χ4v) is 3.51. The summed E-state index contributed by atoms with van der Waals surface area (Å²) >= 11 is 0. The molecule has 0 aliphatic rings. The lowest BCUT2D eigenvalue weighted by molar-refractivity contribution is -0.115. The van der Waals surface area contributed by atoms with Crippen molar-refractivity contribution in [3.05, 3.63) is 59.2 Å². The van der Waals surface area contributed by atoms with Gasteiger partial charge in [-0.15, -0.1) is 0 Å². The number of hydrogen-bond donors (Lipinski definition) is 2. The molecule has 0 fully saturated rings. The summed E-state index contributed by atoms with van der Waals surface area (Å²) in [5, 5.41) is 3.35. The molecule has 2 aromatic carbocycles. The van der Waals surface area contributed by atoms with Gasteiger partial charge in [0.05, 0.1) is 6.42 Å². The third-order valence-electron chi connectivity index (χ3n) is 4.19. The second-order valence-electron chi connectivity index (χ2n) is 6.75. The van der Waals surface area contributed by atoms with Crippen LogP contribution in [-0.4, -0.2) is 10.8 Å². The minimum Gasteiger partial charge on any atom is -0.325 e. The van der Waals surface area contributed by atoms with E-state index in [-0.39, 0.29) is 24.2 Å². The fraction of sp³-hybridized carbons (Fsp3) is 0.350. The van der Waals surface area contributed by atoms with Crippen LogP contribution in [-0.2, 0) is 15.8 Å². The summed E-state index contributed by atoms with van der Waals surface area (Å²) in [5.41, 5.74) is 3.64. The van der Waals surface area contributed by atoms with E-state index in [0.717, 1.165) is 16.8 Å². The zero-order valence-electron chi connectivity index (χ0n) is 15.1. The van der Waals surface area contributed by atoms with E-state index >= 15 is 0 Å². The molecule has 2 N–H and O–H groups in total. The molecule has 0 bridgehead atoms. The van der Waals surface area contributed by atoms with E-state index < -0.39 is 8.03 Å². The number of rotatable bonds is 6.